The lowest BCUT2D eigenvalue weighted by Gasteiger charge is -2.35. The lowest BCUT2D eigenvalue weighted by atomic mass is 9.83. The largest absolute Gasteiger partial charge is 0.456 e. The van der Waals surface area contributed by atoms with Crippen molar-refractivity contribution in [2.45, 2.75) is 31.3 Å². The van der Waals surface area contributed by atoms with Crippen molar-refractivity contribution in [2.24, 2.45) is 0 Å². The molecule has 0 saturated carbocycles. The first-order valence-corrected chi connectivity index (χ1v) is 15.1. The molecule has 3 nitrogen and oxygen atoms in total. The second-order valence-electron chi connectivity index (χ2n) is 11.5. The standard InChI is InChI=1S/C37H28N2OS/c1-21-8-6-11-23(22-16-19-33-28(20-22)24-9-3-5-15-32(24)40-33)35(21)39-30-14-4-2-10-27(30)34-31(39)18-17-26-25-12-7-13-29(38)36(25)41-37(26)34/h2-13,15-20,30-31,34H,14,38H2,1H3. The van der Waals surface area contributed by atoms with Gasteiger partial charge in [-0.3, -0.25) is 0 Å². The van der Waals surface area contributed by atoms with E-state index in [1.165, 1.54) is 48.5 Å². The number of allylic oxidation sites excluding steroid dienone is 2. The normalized spacial score (nSPS) is 21.0. The van der Waals surface area contributed by atoms with E-state index in [0.717, 1.165) is 34.0 Å². The second-order valence-corrected chi connectivity index (χ2v) is 12.5. The number of nitrogens with two attached hydrogens (primary N) is 1. The summed E-state index contributed by atoms with van der Waals surface area (Å²) in [6.07, 6.45) is 12.8. The van der Waals surface area contributed by atoms with Crippen molar-refractivity contribution in [3.8, 4) is 11.1 Å². The number of hydrogen-bond donors (Lipinski definition) is 1. The highest BCUT2D eigenvalue weighted by atomic mass is 32.1. The maximum atomic E-state index is 6.47. The third kappa shape index (κ3) is 3.20. The number of hydrogen-bond acceptors (Lipinski definition) is 4. The summed E-state index contributed by atoms with van der Waals surface area (Å²) in [4.78, 5) is 4.16. The Morgan fingerprint density at radius 3 is 2.71 bits per heavy atom. The molecule has 2 aromatic heterocycles. The van der Waals surface area contributed by atoms with E-state index in [1.807, 2.05) is 29.5 Å². The zero-order valence-corrected chi connectivity index (χ0v) is 23.5. The van der Waals surface area contributed by atoms with Gasteiger partial charge in [-0.15, -0.1) is 11.3 Å². The molecule has 3 atom stereocenters. The Hall–Kier alpha value is -4.54. The first-order valence-electron chi connectivity index (χ1n) is 14.3. The van der Waals surface area contributed by atoms with Crippen LogP contribution in [0, 0.1) is 6.92 Å². The van der Waals surface area contributed by atoms with Crippen molar-refractivity contribution in [1.29, 1.82) is 0 Å². The fraction of sp³-hybridized carbons (Fsp3) is 0.135. The summed E-state index contributed by atoms with van der Waals surface area (Å²) >= 11 is 1.89. The summed E-state index contributed by atoms with van der Waals surface area (Å²) in [6, 6.07) is 28.6. The second kappa shape index (κ2) is 8.48. The van der Waals surface area contributed by atoms with E-state index in [0.29, 0.717) is 12.0 Å². The van der Waals surface area contributed by atoms with Gasteiger partial charge < -0.3 is 15.1 Å². The van der Waals surface area contributed by atoms with Crippen LogP contribution >= 0.6 is 11.3 Å². The average Bonchev–Trinajstić information content (AvgIpc) is 3.67. The third-order valence-electron chi connectivity index (χ3n) is 9.27. The fourth-order valence-electron chi connectivity index (χ4n) is 7.50. The Balaban J connectivity index is 1.25. The van der Waals surface area contributed by atoms with Crippen LogP contribution in [0.3, 0.4) is 0 Å². The van der Waals surface area contributed by atoms with Gasteiger partial charge in [-0.05, 0) is 59.9 Å². The maximum Gasteiger partial charge on any atom is 0.135 e. The van der Waals surface area contributed by atoms with Gasteiger partial charge in [-0.1, -0.05) is 85.0 Å². The minimum atomic E-state index is 0.242. The van der Waals surface area contributed by atoms with Crippen LogP contribution in [0.1, 0.15) is 28.3 Å². The molecule has 1 saturated heterocycles. The molecular formula is C37H28N2OS. The molecule has 4 aromatic carbocycles. The number of thiophene rings is 1. The molecule has 1 fully saturated rings. The number of para-hydroxylation sites is 2. The van der Waals surface area contributed by atoms with E-state index in [9.17, 15) is 0 Å². The molecule has 1 aliphatic heterocycles. The summed E-state index contributed by atoms with van der Waals surface area (Å²) in [7, 11) is 0. The number of nitrogens with zero attached hydrogens (tertiary/aromatic N) is 1. The number of nitrogen functional groups attached to an aromatic ring is 1. The predicted octanol–water partition coefficient (Wildman–Crippen LogP) is 9.61. The molecule has 0 spiro atoms. The highest BCUT2D eigenvalue weighted by Gasteiger charge is 2.48. The Bertz CT molecular complexity index is 2140. The Morgan fingerprint density at radius 2 is 1.76 bits per heavy atom. The van der Waals surface area contributed by atoms with Crippen LogP contribution in [0.5, 0.6) is 0 Å². The smallest absolute Gasteiger partial charge is 0.135 e. The molecule has 2 N–H and O–H groups in total. The number of benzene rings is 4. The van der Waals surface area contributed by atoms with E-state index in [1.54, 1.807) is 0 Å². The fourth-order valence-corrected chi connectivity index (χ4v) is 8.89. The van der Waals surface area contributed by atoms with E-state index in [-0.39, 0.29) is 6.04 Å². The van der Waals surface area contributed by atoms with Gasteiger partial charge in [0.1, 0.15) is 11.2 Å². The van der Waals surface area contributed by atoms with Crippen LogP contribution in [0.2, 0.25) is 0 Å². The van der Waals surface area contributed by atoms with E-state index >= 15 is 0 Å². The lowest BCUT2D eigenvalue weighted by Crippen LogP contribution is -2.37. The monoisotopic (exact) mass is 548 g/mol. The summed E-state index contributed by atoms with van der Waals surface area (Å²) in [5.74, 6) is 0.314. The number of fused-ring (bicyclic) bond motifs is 10. The van der Waals surface area contributed by atoms with Gasteiger partial charge in [0.05, 0.1) is 16.8 Å². The van der Waals surface area contributed by atoms with Gasteiger partial charge in [0, 0.05) is 43.9 Å². The van der Waals surface area contributed by atoms with Crippen LogP contribution in [0.25, 0.3) is 49.2 Å². The summed E-state index contributed by atoms with van der Waals surface area (Å²) in [5.41, 5.74) is 17.2. The topological polar surface area (TPSA) is 42.4 Å². The zero-order chi connectivity index (χ0) is 27.2. The molecular weight excluding hydrogens is 520 g/mol. The molecule has 0 radical (unpaired) electrons. The summed E-state index contributed by atoms with van der Waals surface area (Å²) in [5, 5.41) is 3.60. The number of furan rings is 1. The minimum Gasteiger partial charge on any atom is -0.456 e. The Kier molecular flexibility index (Phi) is 4.80. The molecule has 9 rings (SSSR count). The van der Waals surface area contributed by atoms with Crippen molar-refractivity contribution >= 4 is 60.8 Å². The van der Waals surface area contributed by atoms with Crippen LogP contribution in [0.15, 0.2) is 113 Å². The molecule has 0 bridgehead atoms. The van der Waals surface area contributed by atoms with Crippen molar-refractivity contribution in [3.63, 3.8) is 0 Å². The average molecular weight is 549 g/mol. The van der Waals surface area contributed by atoms with E-state index < -0.39 is 0 Å². The number of anilines is 2. The minimum absolute atomic E-state index is 0.242. The number of aryl methyl sites for hydroxylation is 1. The van der Waals surface area contributed by atoms with Gasteiger partial charge >= 0.3 is 0 Å². The predicted molar refractivity (Wildman–Crippen MR) is 174 cm³/mol. The molecule has 198 valence electrons. The Labute approximate surface area is 242 Å². The van der Waals surface area contributed by atoms with Gasteiger partial charge in [0.2, 0.25) is 0 Å². The molecule has 3 aliphatic rings. The van der Waals surface area contributed by atoms with Crippen LogP contribution in [-0.2, 0) is 0 Å². The first kappa shape index (κ1) is 23.2. The Morgan fingerprint density at radius 1 is 0.902 bits per heavy atom. The van der Waals surface area contributed by atoms with Crippen LogP contribution < -0.4 is 10.6 Å². The summed E-state index contributed by atoms with van der Waals surface area (Å²) in [6.45, 7) is 2.26. The van der Waals surface area contributed by atoms with Crippen molar-refractivity contribution in [1.82, 2.24) is 0 Å². The molecule has 41 heavy (non-hydrogen) atoms. The van der Waals surface area contributed by atoms with Gasteiger partial charge in [0.25, 0.3) is 0 Å². The highest BCUT2D eigenvalue weighted by Crippen LogP contribution is 2.55. The zero-order valence-electron chi connectivity index (χ0n) is 22.7. The third-order valence-corrected chi connectivity index (χ3v) is 10.6. The summed E-state index contributed by atoms with van der Waals surface area (Å²) < 4.78 is 7.37. The van der Waals surface area contributed by atoms with Gasteiger partial charge in [0.15, 0.2) is 0 Å². The first-order chi connectivity index (χ1) is 20.2. The molecule has 0 amide bonds. The van der Waals surface area contributed by atoms with Crippen LogP contribution in [0.4, 0.5) is 11.4 Å². The van der Waals surface area contributed by atoms with Crippen molar-refractivity contribution in [3.05, 3.63) is 125 Å². The quantitative estimate of drug-likeness (QED) is 0.219. The molecule has 2 aliphatic carbocycles. The lowest BCUT2D eigenvalue weighted by molar-refractivity contribution is 0.669. The number of rotatable bonds is 2. The molecule has 6 aromatic rings. The van der Waals surface area contributed by atoms with Gasteiger partial charge in [-0.25, -0.2) is 0 Å². The van der Waals surface area contributed by atoms with Crippen molar-refractivity contribution in [2.75, 3.05) is 10.6 Å². The van der Waals surface area contributed by atoms with E-state index in [2.05, 4.69) is 103 Å². The van der Waals surface area contributed by atoms with Gasteiger partial charge in [-0.2, -0.15) is 0 Å². The van der Waals surface area contributed by atoms with E-state index in [4.69, 9.17) is 10.2 Å². The molecule has 3 heterocycles. The highest BCUT2D eigenvalue weighted by molar-refractivity contribution is 7.20. The molecule has 3 unspecified atom stereocenters. The SMILES string of the molecule is Cc1cccc(-c2ccc3oc4ccccc4c3c2)c1N1C2CC=CC=C2C2c3sc4c(N)cccc4c3C=CC21. The van der Waals surface area contributed by atoms with Crippen LogP contribution in [-0.4, -0.2) is 12.1 Å². The maximum absolute atomic E-state index is 6.47. The molecule has 4 heteroatoms. The van der Waals surface area contributed by atoms with Crippen molar-refractivity contribution < 1.29 is 4.42 Å².